The zero-order valence-electron chi connectivity index (χ0n) is 9.75. The molecule has 0 radical (unpaired) electrons. The van der Waals surface area contributed by atoms with Gasteiger partial charge < -0.3 is 4.57 Å². The number of hydrogen-bond acceptors (Lipinski definition) is 3. The fraction of sp³-hybridized carbons (Fsp3) is 0.182. The molecule has 1 aromatic heterocycles. The number of aromatic nitrogens is 2. The normalized spacial score (nSPS) is 11.7. The van der Waals surface area contributed by atoms with E-state index in [-0.39, 0.29) is 15.9 Å². The van der Waals surface area contributed by atoms with E-state index in [1.165, 1.54) is 6.07 Å². The highest BCUT2D eigenvalue weighted by molar-refractivity contribution is 9.10. The summed E-state index contributed by atoms with van der Waals surface area (Å²) in [7, 11) is -3.66. The van der Waals surface area contributed by atoms with Crippen molar-refractivity contribution in [1.29, 1.82) is 0 Å². The topological polar surface area (TPSA) is 64.0 Å². The zero-order valence-corrected chi connectivity index (χ0v) is 12.2. The van der Waals surface area contributed by atoms with Crippen molar-refractivity contribution in [3.63, 3.8) is 0 Å². The predicted molar refractivity (Wildman–Crippen MR) is 71.5 cm³/mol. The number of halogens is 2. The van der Waals surface area contributed by atoms with Crippen molar-refractivity contribution in [2.75, 3.05) is 6.54 Å². The molecular weight excluding hydrogens is 337 g/mol. The van der Waals surface area contributed by atoms with Gasteiger partial charge in [0.25, 0.3) is 0 Å². The summed E-state index contributed by atoms with van der Waals surface area (Å²) in [5.74, 6) is -0.496. The number of benzene rings is 1. The van der Waals surface area contributed by atoms with E-state index in [0.717, 1.165) is 12.1 Å². The fourth-order valence-corrected chi connectivity index (χ4v) is 3.57. The lowest BCUT2D eigenvalue weighted by atomic mass is 10.3. The summed E-state index contributed by atoms with van der Waals surface area (Å²) in [6.07, 6.45) is 4.95. The van der Waals surface area contributed by atoms with Crippen molar-refractivity contribution in [3.05, 3.63) is 47.2 Å². The SMILES string of the molecule is O=S(=O)(NCCn1ccnc1)c1ccc(F)cc1Br. The quantitative estimate of drug-likeness (QED) is 0.896. The van der Waals surface area contributed by atoms with E-state index in [4.69, 9.17) is 0 Å². The van der Waals surface area contributed by atoms with E-state index in [2.05, 4.69) is 25.6 Å². The molecule has 0 aliphatic heterocycles. The first kappa shape index (κ1) is 14.2. The van der Waals surface area contributed by atoms with Crippen molar-refractivity contribution in [3.8, 4) is 0 Å². The monoisotopic (exact) mass is 347 g/mol. The number of sulfonamides is 1. The second kappa shape index (κ2) is 5.81. The first-order valence-corrected chi connectivity index (χ1v) is 7.67. The van der Waals surface area contributed by atoms with Crippen LogP contribution in [0, 0.1) is 5.82 Å². The van der Waals surface area contributed by atoms with Gasteiger partial charge in [0, 0.05) is 30.0 Å². The van der Waals surface area contributed by atoms with Crippen LogP contribution in [0.1, 0.15) is 0 Å². The van der Waals surface area contributed by atoms with Gasteiger partial charge in [-0.05, 0) is 34.1 Å². The molecule has 2 aromatic rings. The van der Waals surface area contributed by atoms with E-state index < -0.39 is 15.8 Å². The Balaban J connectivity index is 2.05. The second-order valence-electron chi connectivity index (χ2n) is 3.77. The molecule has 19 heavy (non-hydrogen) atoms. The van der Waals surface area contributed by atoms with Crippen LogP contribution in [-0.4, -0.2) is 24.5 Å². The van der Waals surface area contributed by atoms with Crippen LogP contribution >= 0.6 is 15.9 Å². The van der Waals surface area contributed by atoms with Crippen LogP contribution in [0.3, 0.4) is 0 Å². The number of rotatable bonds is 5. The van der Waals surface area contributed by atoms with Gasteiger partial charge in [0.05, 0.1) is 11.2 Å². The Kier molecular flexibility index (Phi) is 4.33. The maximum atomic E-state index is 12.9. The molecule has 0 amide bonds. The lowest BCUT2D eigenvalue weighted by Gasteiger charge is -2.08. The molecule has 1 N–H and O–H groups in total. The largest absolute Gasteiger partial charge is 0.336 e. The fourth-order valence-electron chi connectivity index (χ4n) is 1.50. The Bertz CT molecular complexity index is 659. The highest BCUT2D eigenvalue weighted by Crippen LogP contribution is 2.22. The molecule has 0 aliphatic rings. The summed E-state index contributed by atoms with van der Waals surface area (Å²) in [5.41, 5.74) is 0. The van der Waals surface area contributed by atoms with Crippen molar-refractivity contribution in [1.82, 2.24) is 14.3 Å². The van der Waals surface area contributed by atoms with Crippen LogP contribution in [-0.2, 0) is 16.6 Å². The van der Waals surface area contributed by atoms with E-state index in [0.29, 0.717) is 6.54 Å². The van der Waals surface area contributed by atoms with Gasteiger partial charge in [-0.25, -0.2) is 22.5 Å². The van der Waals surface area contributed by atoms with Crippen molar-refractivity contribution in [2.24, 2.45) is 0 Å². The number of imidazole rings is 1. The molecule has 0 bridgehead atoms. The van der Waals surface area contributed by atoms with Crippen LogP contribution in [0.25, 0.3) is 0 Å². The van der Waals surface area contributed by atoms with Gasteiger partial charge in [-0.2, -0.15) is 0 Å². The smallest absolute Gasteiger partial charge is 0.241 e. The second-order valence-corrected chi connectivity index (χ2v) is 6.36. The van der Waals surface area contributed by atoms with Crippen LogP contribution in [0.2, 0.25) is 0 Å². The van der Waals surface area contributed by atoms with E-state index >= 15 is 0 Å². The Labute approximate surface area is 118 Å². The number of hydrogen-bond donors (Lipinski definition) is 1. The van der Waals surface area contributed by atoms with Crippen LogP contribution in [0.5, 0.6) is 0 Å². The molecule has 102 valence electrons. The van der Waals surface area contributed by atoms with Crippen LogP contribution < -0.4 is 4.72 Å². The molecule has 0 atom stereocenters. The summed E-state index contributed by atoms with van der Waals surface area (Å²) in [4.78, 5) is 3.87. The molecular formula is C11H11BrFN3O2S. The zero-order chi connectivity index (χ0) is 13.9. The summed E-state index contributed by atoms with van der Waals surface area (Å²) < 4.78 is 41.3. The Morgan fingerprint density at radius 2 is 2.21 bits per heavy atom. The van der Waals surface area contributed by atoms with Gasteiger partial charge in [-0.1, -0.05) is 0 Å². The average Bonchev–Trinajstić information content (AvgIpc) is 2.81. The highest BCUT2D eigenvalue weighted by Gasteiger charge is 2.17. The standard InChI is InChI=1S/C11H11BrFN3O2S/c12-10-7-9(13)1-2-11(10)19(17,18)15-4-6-16-5-3-14-8-16/h1-3,5,7-8,15H,4,6H2. The minimum absolute atomic E-state index is 0.0135. The van der Waals surface area contributed by atoms with Gasteiger partial charge in [0.1, 0.15) is 5.82 Å². The van der Waals surface area contributed by atoms with Gasteiger partial charge >= 0.3 is 0 Å². The molecule has 0 fully saturated rings. The first-order valence-electron chi connectivity index (χ1n) is 5.39. The molecule has 0 spiro atoms. The minimum atomic E-state index is -3.66. The summed E-state index contributed by atoms with van der Waals surface area (Å²) in [5, 5.41) is 0. The Hall–Kier alpha value is -1.25. The Morgan fingerprint density at radius 3 is 2.84 bits per heavy atom. The molecule has 8 heteroatoms. The van der Waals surface area contributed by atoms with Crippen LogP contribution in [0.4, 0.5) is 4.39 Å². The summed E-state index contributed by atoms with van der Waals surface area (Å²) in [6, 6.07) is 3.44. The molecule has 1 heterocycles. The summed E-state index contributed by atoms with van der Waals surface area (Å²) >= 11 is 3.04. The van der Waals surface area contributed by atoms with Crippen molar-refractivity contribution >= 4 is 26.0 Å². The third-order valence-electron chi connectivity index (χ3n) is 2.40. The highest BCUT2D eigenvalue weighted by atomic mass is 79.9. The van der Waals surface area contributed by atoms with E-state index in [9.17, 15) is 12.8 Å². The third-order valence-corrected chi connectivity index (χ3v) is 4.84. The Morgan fingerprint density at radius 1 is 1.42 bits per heavy atom. The van der Waals surface area contributed by atoms with Crippen molar-refractivity contribution in [2.45, 2.75) is 11.4 Å². The molecule has 0 saturated heterocycles. The maximum Gasteiger partial charge on any atom is 0.241 e. The van der Waals surface area contributed by atoms with Gasteiger partial charge in [-0.15, -0.1) is 0 Å². The lowest BCUT2D eigenvalue weighted by molar-refractivity contribution is 0.571. The third kappa shape index (κ3) is 3.62. The van der Waals surface area contributed by atoms with Crippen molar-refractivity contribution < 1.29 is 12.8 Å². The lowest BCUT2D eigenvalue weighted by Crippen LogP contribution is -2.27. The number of nitrogens with one attached hydrogen (secondary N) is 1. The number of nitrogens with zero attached hydrogens (tertiary/aromatic N) is 2. The first-order chi connectivity index (χ1) is 8.99. The molecule has 0 aliphatic carbocycles. The maximum absolute atomic E-state index is 12.9. The van der Waals surface area contributed by atoms with Gasteiger partial charge in [-0.3, -0.25) is 0 Å². The molecule has 0 saturated carbocycles. The molecule has 1 aromatic carbocycles. The van der Waals surface area contributed by atoms with E-state index in [1.54, 1.807) is 23.3 Å². The molecule has 0 unspecified atom stereocenters. The van der Waals surface area contributed by atoms with E-state index in [1.807, 2.05) is 0 Å². The average molecular weight is 348 g/mol. The molecule has 2 rings (SSSR count). The minimum Gasteiger partial charge on any atom is -0.336 e. The summed E-state index contributed by atoms with van der Waals surface area (Å²) in [6.45, 7) is 0.695. The van der Waals surface area contributed by atoms with Gasteiger partial charge in [0.2, 0.25) is 10.0 Å². The molecule has 5 nitrogen and oxygen atoms in total. The predicted octanol–water partition coefficient (Wildman–Crippen LogP) is 1.76. The van der Waals surface area contributed by atoms with Crippen LogP contribution in [0.15, 0.2) is 46.3 Å². The van der Waals surface area contributed by atoms with Gasteiger partial charge in [0.15, 0.2) is 0 Å².